The summed E-state index contributed by atoms with van der Waals surface area (Å²) in [6, 6.07) is 7.29. The first-order valence-electron chi connectivity index (χ1n) is 22.6. The summed E-state index contributed by atoms with van der Waals surface area (Å²) < 4.78 is 65.4. The monoisotopic (exact) mass is 860 g/mol. The van der Waals surface area contributed by atoms with Gasteiger partial charge < -0.3 is 62.2 Å². The molecule has 0 aliphatic carbocycles. The van der Waals surface area contributed by atoms with Crippen molar-refractivity contribution >= 4 is 17.6 Å². The molecule has 0 aromatic heterocycles. The summed E-state index contributed by atoms with van der Waals surface area (Å²) in [5, 5.41) is 3.32. The largest absolute Gasteiger partial charge is 0.463 e. The van der Waals surface area contributed by atoms with Crippen molar-refractivity contribution < 1.29 is 66.4 Å². The summed E-state index contributed by atoms with van der Waals surface area (Å²) in [6.07, 6.45) is 13.8. The van der Waals surface area contributed by atoms with Gasteiger partial charge in [-0.2, -0.15) is 0 Å². The highest BCUT2D eigenvalue weighted by Gasteiger charge is 2.07. The van der Waals surface area contributed by atoms with Gasteiger partial charge in [0.15, 0.2) is 0 Å². The minimum atomic E-state index is -0.364. The quantitative estimate of drug-likeness (QED) is 0.0546. The summed E-state index contributed by atoms with van der Waals surface area (Å²) in [6.45, 7) is 14.9. The van der Waals surface area contributed by atoms with Gasteiger partial charge in [-0.3, -0.25) is 4.79 Å². The summed E-state index contributed by atoms with van der Waals surface area (Å²) in [5.74, 6) is -0.505. The Labute approximate surface area is 361 Å². The zero-order valence-electron chi connectivity index (χ0n) is 37.3. The molecule has 1 aromatic rings. The number of carbonyl (C=O) groups excluding carboxylic acids is 2. The number of esters is 2. The van der Waals surface area contributed by atoms with E-state index in [4.69, 9.17) is 56.8 Å². The van der Waals surface area contributed by atoms with Crippen LogP contribution in [0.5, 0.6) is 0 Å². The van der Waals surface area contributed by atoms with E-state index in [1.807, 2.05) is 12.1 Å². The van der Waals surface area contributed by atoms with E-state index in [9.17, 15) is 9.59 Å². The van der Waals surface area contributed by atoms with Crippen molar-refractivity contribution in [1.82, 2.24) is 0 Å². The van der Waals surface area contributed by atoms with Crippen LogP contribution in [0.15, 0.2) is 24.3 Å². The van der Waals surface area contributed by atoms with Crippen LogP contribution in [0.2, 0.25) is 0 Å². The molecule has 0 bridgehead atoms. The zero-order chi connectivity index (χ0) is 43.1. The molecule has 1 aromatic carbocycles. The van der Waals surface area contributed by atoms with Crippen LogP contribution in [-0.2, 0) is 61.6 Å². The first-order chi connectivity index (χ1) is 29.7. The maximum absolute atomic E-state index is 12.2. The number of carbonyl (C=O) groups is 2. The molecule has 0 saturated carbocycles. The fourth-order valence-corrected chi connectivity index (χ4v) is 5.36. The SMILES string of the molecule is CCCCCCCCCCCC(=O)OCCOCCOCCOCCOCCOCCOCCOCCOCCOCCOCCOC(=O)c1ccc(NCCCC)cc1. The Morgan fingerprint density at radius 1 is 0.383 bits per heavy atom. The standard InChI is InChI=1S/C45H81NO14/c1-3-5-7-8-9-10-11-12-13-14-44(47)59-40-38-57-36-34-55-32-30-53-28-26-51-24-22-49-20-21-50-23-25-52-27-29-54-31-33-56-35-37-58-39-41-60-45(48)42-15-17-43(18-16-42)46-19-6-4-2/h15-18,46H,3-14,19-41H2,1-2H3. The van der Waals surface area contributed by atoms with Gasteiger partial charge in [-0.15, -0.1) is 0 Å². The van der Waals surface area contributed by atoms with Crippen molar-refractivity contribution in [2.24, 2.45) is 0 Å². The van der Waals surface area contributed by atoms with Gasteiger partial charge in [-0.05, 0) is 37.1 Å². The van der Waals surface area contributed by atoms with Gasteiger partial charge in [0.05, 0.1) is 138 Å². The Balaban J connectivity index is 1.68. The molecule has 0 heterocycles. The number of hydrogen-bond donors (Lipinski definition) is 1. The van der Waals surface area contributed by atoms with E-state index in [0.29, 0.717) is 144 Å². The molecule has 0 atom stereocenters. The molecular weight excluding hydrogens is 778 g/mol. The molecule has 0 fully saturated rings. The summed E-state index contributed by atoms with van der Waals surface area (Å²) in [5.41, 5.74) is 1.51. The number of anilines is 1. The lowest BCUT2D eigenvalue weighted by Gasteiger charge is -2.09. The summed E-state index contributed by atoms with van der Waals surface area (Å²) in [4.78, 5) is 24.0. The van der Waals surface area contributed by atoms with E-state index in [2.05, 4.69) is 19.2 Å². The molecule has 0 aliphatic heterocycles. The Bertz CT molecular complexity index is 1050. The second-order valence-corrected chi connectivity index (χ2v) is 13.9. The second kappa shape index (κ2) is 46.1. The molecule has 1 N–H and O–H groups in total. The molecule has 0 aliphatic rings. The first-order valence-corrected chi connectivity index (χ1v) is 22.6. The van der Waals surface area contributed by atoms with Crippen molar-refractivity contribution in [1.29, 1.82) is 0 Å². The van der Waals surface area contributed by atoms with Gasteiger partial charge >= 0.3 is 11.9 Å². The molecule has 1 rings (SSSR count). The van der Waals surface area contributed by atoms with Crippen molar-refractivity contribution in [3.8, 4) is 0 Å². The lowest BCUT2D eigenvalue weighted by atomic mass is 10.1. The van der Waals surface area contributed by atoms with Crippen LogP contribution in [0.4, 0.5) is 5.69 Å². The summed E-state index contributed by atoms with van der Waals surface area (Å²) >= 11 is 0. The summed E-state index contributed by atoms with van der Waals surface area (Å²) in [7, 11) is 0. The lowest BCUT2D eigenvalue weighted by Crippen LogP contribution is -2.16. The number of unbranched alkanes of at least 4 members (excludes halogenated alkanes) is 9. The molecule has 15 heteroatoms. The van der Waals surface area contributed by atoms with Crippen LogP contribution < -0.4 is 5.32 Å². The van der Waals surface area contributed by atoms with E-state index in [1.54, 1.807) is 12.1 Å². The van der Waals surface area contributed by atoms with Gasteiger partial charge in [0, 0.05) is 18.7 Å². The first kappa shape index (κ1) is 55.6. The normalized spacial score (nSPS) is 11.3. The maximum Gasteiger partial charge on any atom is 0.338 e. The second-order valence-electron chi connectivity index (χ2n) is 13.9. The fourth-order valence-electron chi connectivity index (χ4n) is 5.36. The molecule has 15 nitrogen and oxygen atoms in total. The van der Waals surface area contributed by atoms with Gasteiger partial charge in [-0.1, -0.05) is 71.6 Å². The molecular formula is C45H81NO14. The Morgan fingerprint density at radius 3 is 1.07 bits per heavy atom. The van der Waals surface area contributed by atoms with E-state index >= 15 is 0 Å². The Hall–Kier alpha value is -2.44. The van der Waals surface area contributed by atoms with Crippen molar-refractivity contribution in [3.05, 3.63) is 29.8 Å². The van der Waals surface area contributed by atoms with Crippen LogP contribution in [0.3, 0.4) is 0 Å². The topological polar surface area (TPSA) is 157 Å². The molecule has 350 valence electrons. The average Bonchev–Trinajstić information content (AvgIpc) is 3.26. The van der Waals surface area contributed by atoms with E-state index < -0.39 is 0 Å². The van der Waals surface area contributed by atoms with E-state index in [0.717, 1.165) is 37.9 Å². The smallest absolute Gasteiger partial charge is 0.338 e. The number of rotatable bonds is 48. The molecule has 0 radical (unpaired) electrons. The van der Waals surface area contributed by atoms with E-state index in [1.165, 1.54) is 44.9 Å². The van der Waals surface area contributed by atoms with Crippen LogP contribution in [0.1, 0.15) is 101 Å². The molecule has 0 spiro atoms. The number of benzene rings is 1. The lowest BCUT2D eigenvalue weighted by molar-refractivity contribution is -0.145. The minimum Gasteiger partial charge on any atom is -0.463 e. The predicted molar refractivity (Wildman–Crippen MR) is 231 cm³/mol. The van der Waals surface area contributed by atoms with Crippen molar-refractivity contribution in [2.45, 2.75) is 90.9 Å². The molecule has 60 heavy (non-hydrogen) atoms. The predicted octanol–water partition coefficient (Wildman–Crippen LogP) is 6.69. The highest BCUT2D eigenvalue weighted by molar-refractivity contribution is 5.89. The number of ether oxygens (including phenoxy) is 12. The van der Waals surface area contributed by atoms with Crippen LogP contribution in [0, 0.1) is 0 Å². The molecule has 0 saturated heterocycles. The fraction of sp³-hybridized carbons (Fsp3) is 0.822. The molecule has 0 unspecified atom stereocenters. The Kier molecular flexibility index (Phi) is 42.7. The zero-order valence-corrected chi connectivity index (χ0v) is 37.3. The third kappa shape index (κ3) is 39.7. The number of nitrogens with one attached hydrogen (secondary N) is 1. The van der Waals surface area contributed by atoms with Gasteiger partial charge in [0.1, 0.15) is 13.2 Å². The third-order valence-electron chi connectivity index (χ3n) is 8.76. The van der Waals surface area contributed by atoms with Gasteiger partial charge in [0.2, 0.25) is 0 Å². The average molecular weight is 860 g/mol. The van der Waals surface area contributed by atoms with Gasteiger partial charge in [-0.25, -0.2) is 4.79 Å². The highest BCUT2D eigenvalue weighted by Crippen LogP contribution is 2.12. The van der Waals surface area contributed by atoms with Crippen molar-refractivity contribution in [3.63, 3.8) is 0 Å². The number of hydrogen-bond acceptors (Lipinski definition) is 15. The third-order valence-corrected chi connectivity index (χ3v) is 8.76. The van der Waals surface area contributed by atoms with Crippen LogP contribution in [-0.4, -0.2) is 164 Å². The van der Waals surface area contributed by atoms with Crippen LogP contribution in [0.25, 0.3) is 0 Å². The maximum atomic E-state index is 12.2. The van der Waals surface area contributed by atoms with Gasteiger partial charge in [0.25, 0.3) is 0 Å². The minimum absolute atomic E-state index is 0.141. The van der Waals surface area contributed by atoms with E-state index in [-0.39, 0.29) is 25.2 Å². The molecule has 0 amide bonds. The van der Waals surface area contributed by atoms with Crippen molar-refractivity contribution in [2.75, 3.05) is 157 Å². The highest BCUT2D eigenvalue weighted by atomic mass is 16.6. The Morgan fingerprint density at radius 2 is 0.700 bits per heavy atom. The van der Waals surface area contributed by atoms with Crippen LogP contribution >= 0.6 is 0 Å².